The van der Waals surface area contributed by atoms with Crippen molar-refractivity contribution in [2.75, 3.05) is 26.8 Å². The van der Waals surface area contributed by atoms with E-state index in [0.717, 1.165) is 37.0 Å². The number of ether oxygens (including phenoxy) is 2. The van der Waals surface area contributed by atoms with Crippen molar-refractivity contribution in [3.05, 3.63) is 23.8 Å². The van der Waals surface area contributed by atoms with Gasteiger partial charge in [-0.25, -0.2) is 0 Å². The summed E-state index contributed by atoms with van der Waals surface area (Å²) in [5.41, 5.74) is 1.19. The number of piperidine rings is 1. The van der Waals surface area contributed by atoms with Gasteiger partial charge in [0.2, 0.25) is 0 Å². The van der Waals surface area contributed by atoms with Gasteiger partial charge in [-0.1, -0.05) is 6.07 Å². The molecular weight excluding hydrogens is 226 g/mol. The Morgan fingerprint density at radius 3 is 2.94 bits per heavy atom. The summed E-state index contributed by atoms with van der Waals surface area (Å²) in [5, 5.41) is 3.43. The van der Waals surface area contributed by atoms with E-state index >= 15 is 0 Å². The Morgan fingerprint density at radius 1 is 1.33 bits per heavy atom. The molecule has 1 aliphatic heterocycles. The molecule has 3 heteroatoms. The van der Waals surface area contributed by atoms with E-state index in [4.69, 9.17) is 9.47 Å². The van der Waals surface area contributed by atoms with E-state index in [0.29, 0.717) is 0 Å². The Kier molecular flexibility index (Phi) is 4.88. The molecule has 3 nitrogen and oxygen atoms in total. The SMILES string of the molecule is COc1cc(C)ccc1OCCC1CCCNC1. The predicted molar refractivity (Wildman–Crippen MR) is 73.4 cm³/mol. The molecule has 1 fully saturated rings. The first-order valence-electron chi connectivity index (χ1n) is 6.78. The molecule has 1 unspecified atom stereocenters. The summed E-state index contributed by atoms with van der Waals surface area (Å²) in [4.78, 5) is 0. The second kappa shape index (κ2) is 6.64. The number of rotatable bonds is 5. The summed E-state index contributed by atoms with van der Waals surface area (Å²) < 4.78 is 11.2. The molecule has 0 aromatic heterocycles. The second-order valence-electron chi connectivity index (χ2n) is 5.00. The topological polar surface area (TPSA) is 30.5 Å². The average molecular weight is 249 g/mol. The first-order chi connectivity index (χ1) is 8.79. The zero-order valence-electron chi connectivity index (χ0n) is 11.4. The van der Waals surface area contributed by atoms with Crippen LogP contribution < -0.4 is 14.8 Å². The number of hydrogen-bond acceptors (Lipinski definition) is 3. The molecular formula is C15H23NO2. The highest BCUT2D eigenvalue weighted by atomic mass is 16.5. The lowest BCUT2D eigenvalue weighted by Gasteiger charge is -2.22. The Balaban J connectivity index is 1.82. The van der Waals surface area contributed by atoms with Crippen LogP contribution in [0.2, 0.25) is 0 Å². The Morgan fingerprint density at radius 2 is 2.22 bits per heavy atom. The molecule has 1 saturated heterocycles. The third kappa shape index (κ3) is 3.64. The van der Waals surface area contributed by atoms with E-state index < -0.39 is 0 Å². The molecule has 0 radical (unpaired) electrons. The summed E-state index contributed by atoms with van der Waals surface area (Å²) in [6, 6.07) is 6.06. The maximum absolute atomic E-state index is 5.83. The normalized spacial score (nSPS) is 19.6. The predicted octanol–water partition coefficient (Wildman–Crippen LogP) is 2.77. The first kappa shape index (κ1) is 13.2. The van der Waals surface area contributed by atoms with Gasteiger partial charge in [-0.15, -0.1) is 0 Å². The smallest absolute Gasteiger partial charge is 0.161 e. The van der Waals surface area contributed by atoms with Crippen LogP contribution in [0.5, 0.6) is 11.5 Å². The fourth-order valence-electron chi connectivity index (χ4n) is 2.40. The third-order valence-corrected chi connectivity index (χ3v) is 3.50. The molecule has 2 rings (SSSR count). The van der Waals surface area contributed by atoms with Crippen molar-refractivity contribution >= 4 is 0 Å². The van der Waals surface area contributed by atoms with Crippen LogP contribution in [0, 0.1) is 12.8 Å². The minimum Gasteiger partial charge on any atom is -0.493 e. The fraction of sp³-hybridized carbons (Fsp3) is 0.600. The molecule has 1 N–H and O–H groups in total. The molecule has 1 aromatic carbocycles. The standard InChI is InChI=1S/C15H23NO2/c1-12-5-6-14(15(10-12)17-2)18-9-7-13-4-3-8-16-11-13/h5-6,10,13,16H,3-4,7-9,11H2,1-2H3. The highest BCUT2D eigenvalue weighted by Gasteiger charge is 2.13. The van der Waals surface area contributed by atoms with E-state index in [9.17, 15) is 0 Å². The van der Waals surface area contributed by atoms with Crippen LogP contribution in [0.3, 0.4) is 0 Å². The quantitative estimate of drug-likeness (QED) is 0.870. The summed E-state index contributed by atoms with van der Waals surface area (Å²) >= 11 is 0. The molecule has 0 aliphatic carbocycles. The lowest BCUT2D eigenvalue weighted by molar-refractivity contribution is 0.245. The number of benzene rings is 1. The minimum absolute atomic E-state index is 0.759. The van der Waals surface area contributed by atoms with Crippen molar-refractivity contribution in [2.24, 2.45) is 5.92 Å². The van der Waals surface area contributed by atoms with Crippen LogP contribution in [-0.4, -0.2) is 26.8 Å². The van der Waals surface area contributed by atoms with Gasteiger partial charge in [-0.05, 0) is 62.9 Å². The minimum atomic E-state index is 0.759. The highest BCUT2D eigenvalue weighted by Crippen LogP contribution is 2.28. The highest BCUT2D eigenvalue weighted by molar-refractivity contribution is 5.42. The average Bonchev–Trinajstić information content (AvgIpc) is 2.41. The molecule has 0 amide bonds. The first-order valence-corrected chi connectivity index (χ1v) is 6.78. The van der Waals surface area contributed by atoms with Crippen LogP contribution >= 0.6 is 0 Å². The monoisotopic (exact) mass is 249 g/mol. The molecule has 100 valence electrons. The molecule has 0 saturated carbocycles. The molecule has 1 heterocycles. The van der Waals surface area contributed by atoms with Crippen LogP contribution in [0.4, 0.5) is 0 Å². The maximum Gasteiger partial charge on any atom is 0.161 e. The molecule has 18 heavy (non-hydrogen) atoms. The van der Waals surface area contributed by atoms with E-state index in [-0.39, 0.29) is 0 Å². The van der Waals surface area contributed by atoms with Gasteiger partial charge in [0.1, 0.15) is 0 Å². The lowest BCUT2D eigenvalue weighted by atomic mass is 9.97. The summed E-state index contributed by atoms with van der Waals surface area (Å²) in [6.07, 6.45) is 3.73. The van der Waals surface area contributed by atoms with Gasteiger partial charge in [0.15, 0.2) is 11.5 Å². The lowest BCUT2D eigenvalue weighted by Crippen LogP contribution is -2.30. The van der Waals surface area contributed by atoms with Crippen molar-refractivity contribution in [1.82, 2.24) is 5.32 Å². The van der Waals surface area contributed by atoms with Gasteiger partial charge in [0, 0.05) is 0 Å². The van der Waals surface area contributed by atoms with Crippen molar-refractivity contribution in [2.45, 2.75) is 26.2 Å². The van der Waals surface area contributed by atoms with Crippen molar-refractivity contribution in [3.63, 3.8) is 0 Å². The maximum atomic E-state index is 5.83. The summed E-state index contributed by atoms with van der Waals surface area (Å²) in [5.74, 6) is 2.44. The van der Waals surface area contributed by atoms with Crippen molar-refractivity contribution in [3.8, 4) is 11.5 Å². The van der Waals surface area contributed by atoms with Crippen molar-refractivity contribution in [1.29, 1.82) is 0 Å². The van der Waals surface area contributed by atoms with E-state index in [1.54, 1.807) is 7.11 Å². The zero-order valence-corrected chi connectivity index (χ0v) is 11.4. The zero-order chi connectivity index (χ0) is 12.8. The van der Waals surface area contributed by atoms with Gasteiger partial charge in [0.25, 0.3) is 0 Å². The molecule has 0 bridgehead atoms. The van der Waals surface area contributed by atoms with Crippen molar-refractivity contribution < 1.29 is 9.47 Å². The molecule has 0 spiro atoms. The van der Waals surface area contributed by atoms with Gasteiger partial charge in [0.05, 0.1) is 13.7 Å². The number of aryl methyl sites for hydroxylation is 1. The molecule has 1 aliphatic rings. The molecule has 1 atom stereocenters. The third-order valence-electron chi connectivity index (χ3n) is 3.50. The van der Waals surface area contributed by atoms with Crippen LogP contribution in [0.1, 0.15) is 24.8 Å². The van der Waals surface area contributed by atoms with Gasteiger partial charge in [-0.2, -0.15) is 0 Å². The second-order valence-corrected chi connectivity index (χ2v) is 5.00. The Labute approximate surface area is 109 Å². The van der Waals surface area contributed by atoms with Gasteiger partial charge in [-0.3, -0.25) is 0 Å². The van der Waals surface area contributed by atoms with Crippen LogP contribution in [0.15, 0.2) is 18.2 Å². The van der Waals surface area contributed by atoms with E-state index in [1.165, 1.54) is 24.9 Å². The largest absolute Gasteiger partial charge is 0.493 e. The van der Waals surface area contributed by atoms with Gasteiger partial charge >= 0.3 is 0 Å². The van der Waals surface area contributed by atoms with Crippen LogP contribution in [-0.2, 0) is 0 Å². The van der Waals surface area contributed by atoms with E-state index in [1.807, 2.05) is 12.1 Å². The number of hydrogen-bond donors (Lipinski definition) is 1. The fourth-order valence-corrected chi connectivity index (χ4v) is 2.40. The summed E-state index contributed by atoms with van der Waals surface area (Å²) in [6.45, 7) is 5.13. The summed E-state index contributed by atoms with van der Waals surface area (Å²) in [7, 11) is 1.69. The number of nitrogens with one attached hydrogen (secondary N) is 1. The Hall–Kier alpha value is -1.22. The van der Waals surface area contributed by atoms with Gasteiger partial charge < -0.3 is 14.8 Å². The Bertz CT molecular complexity index is 373. The molecule has 1 aromatic rings. The van der Waals surface area contributed by atoms with Crippen LogP contribution in [0.25, 0.3) is 0 Å². The van der Waals surface area contributed by atoms with E-state index in [2.05, 4.69) is 18.3 Å². The number of methoxy groups -OCH3 is 1.